The minimum Gasteiger partial charge on any atom is -0.481 e. The third kappa shape index (κ3) is 6.89. The van der Waals surface area contributed by atoms with Gasteiger partial charge in [0.2, 0.25) is 11.8 Å². The second-order valence-electron chi connectivity index (χ2n) is 6.19. The summed E-state index contributed by atoms with van der Waals surface area (Å²) in [6.07, 6.45) is 0.399. The number of anilines is 1. The molecule has 2 aromatic rings. The van der Waals surface area contributed by atoms with Crippen LogP contribution in [0.2, 0.25) is 0 Å². The fraction of sp³-hybridized carbons (Fsp3) is 0.250. The lowest BCUT2D eigenvalue weighted by atomic mass is 10.1. The molecule has 0 atom stereocenters. The number of carbonyl (C=O) groups is 3. The fourth-order valence-corrected chi connectivity index (χ4v) is 2.42. The van der Waals surface area contributed by atoms with E-state index in [-0.39, 0.29) is 30.1 Å². The molecular formula is C20H21FN2O4. The van der Waals surface area contributed by atoms with Gasteiger partial charge in [-0.15, -0.1) is 0 Å². The Morgan fingerprint density at radius 3 is 2.37 bits per heavy atom. The molecular weight excluding hydrogens is 351 g/mol. The van der Waals surface area contributed by atoms with Crippen molar-refractivity contribution < 1.29 is 23.9 Å². The number of nitrogens with one attached hydrogen (secondary N) is 2. The highest BCUT2D eigenvalue weighted by atomic mass is 19.1. The van der Waals surface area contributed by atoms with Crippen LogP contribution in [0.3, 0.4) is 0 Å². The standard InChI is InChI=1S/C20H21FN2O4/c1-13-2-4-14(5-3-13)6-9-18(24)22-12-19(25)23-16-8-7-15(10-20(26)27)17(21)11-16/h2-5,7-8,11H,6,9-10,12H2,1H3,(H,22,24)(H,23,25)(H,26,27). The highest BCUT2D eigenvalue weighted by Crippen LogP contribution is 2.15. The molecule has 6 nitrogen and oxygen atoms in total. The monoisotopic (exact) mass is 372 g/mol. The maximum Gasteiger partial charge on any atom is 0.307 e. The Bertz CT molecular complexity index is 834. The van der Waals surface area contributed by atoms with Gasteiger partial charge in [-0.2, -0.15) is 0 Å². The number of hydrogen-bond donors (Lipinski definition) is 3. The average molecular weight is 372 g/mol. The van der Waals surface area contributed by atoms with Crippen LogP contribution in [0.15, 0.2) is 42.5 Å². The first-order chi connectivity index (χ1) is 12.8. The lowest BCUT2D eigenvalue weighted by molar-refractivity contribution is -0.136. The SMILES string of the molecule is Cc1ccc(CCC(=O)NCC(=O)Nc2ccc(CC(=O)O)c(F)c2)cc1. The lowest BCUT2D eigenvalue weighted by Crippen LogP contribution is -2.33. The van der Waals surface area contributed by atoms with E-state index in [1.54, 1.807) is 0 Å². The van der Waals surface area contributed by atoms with Crippen LogP contribution in [-0.2, 0) is 27.2 Å². The second kappa shape index (κ2) is 9.47. The Labute approximate surface area is 156 Å². The molecule has 0 fully saturated rings. The van der Waals surface area contributed by atoms with Crippen molar-refractivity contribution in [3.05, 3.63) is 65.0 Å². The molecule has 0 spiro atoms. The summed E-state index contributed by atoms with van der Waals surface area (Å²) in [5.74, 6) is -2.60. The number of carboxylic acids is 1. The van der Waals surface area contributed by atoms with Crippen molar-refractivity contribution >= 4 is 23.5 Å². The Morgan fingerprint density at radius 2 is 1.74 bits per heavy atom. The van der Waals surface area contributed by atoms with Gasteiger partial charge in [-0.3, -0.25) is 14.4 Å². The van der Waals surface area contributed by atoms with Gasteiger partial charge in [-0.25, -0.2) is 4.39 Å². The van der Waals surface area contributed by atoms with E-state index >= 15 is 0 Å². The topological polar surface area (TPSA) is 95.5 Å². The van der Waals surface area contributed by atoms with E-state index in [9.17, 15) is 18.8 Å². The third-order valence-electron chi connectivity index (χ3n) is 3.89. The molecule has 0 saturated heterocycles. The zero-order chi connectivity index (χ0) is 19.8. The number of rotatable bonds is 8. The summed E-state index contributed by atoms with van der Waals surface area (Å²) in [6, 6.07) is 11.6. The number of amides is 2. The van der Waals surface area contributed by atoms with E-state index in [0.29, 0.717) is 6.42 Å². The molecule has 3 N–H and O–H groups in total. The summed E-state index contributed by atoms with van der Waals surface area (Å²) in [7, 11) is 0. The van der Waals surface area contributed by atoms with E-state index in [4.69, 9.17) is 5.11 Å². The summed E-state index contributed by atoms with van der Waals surface area (Å²) >= 11 is 0. The maximum atomic E-state index is 13.8. The van der Waals surface area contributed by atoms with Crippen LogP contribution in [0, 0.1) is 12.7 Å². The zero-order valence-corrected chi connectivity index (χ0v) is 14.9. The average Bonchev–Trinajstić information content (AvgIpc) is 2.61. The first kappa shape index (κ1) is 20.1. The number of carbonyl (C=O) groups excluding carboxylic acids is 2. The van der Waals surface area contributed by atoms with Crippen molar-refractivity contribution in [2.24, 2.45) is 0 Å². The van der Waals surface area contributed by atoms with Crippen LogP contribution in [0.1, 0.15) is 23.1 Å². The first-order valence-electron chi connectivity index (χ1n) is 8.46. The van der Waals surface area contributed by atoms with Gasteiger partial charge in [0.05, 0.1) is 13.0 Å². The Morgan fingerprint density at radius 1 is 1.04 bits per heavy atom. The van der Waals surface area contributed by atoms with Gasteiger partial charge < -0.3 is 15.7 Å². The van der Waals surface area contributed by atoms with Crippen LogP contribution in [0.25, 0.3) is 0 Å². The molecule has 0 aromatic heterocycles. The number of carboxylic acid groups (broad SMARTS) is 1. The smallest absolute Gasteiger partial charge is 0.307 e. The van der Waals surface area contributed by atoms with Gasteiger partial charge in [0.25, 0.3) is 0 Å². The minimum absolute atomic E-state index is 0.0323. The van der Waals surface area contributed by atoms with Crippen LogP contribution in [0.4, 0.5) is 10.1 Å². The maximum absolute atomic E-state index is 13.8. The van der Waals surface area contributed by atoms with E-state index in [0.717, 1.165) is 17.2 Å². The molecule has 0 unspecified atom stereocenters. The van der Waals surface area contributed by atoms with Crippen molar-refractivity contribution in [3.63, 3.8) is 0 Å². The van der Waals surface area contributed by atoms with E-state index in [1.807, 2.05) is 31.2 Å². The summed E-state index contributed by atoms with van der Waals surface area (Å²) < 4.78 is 13.8. The van der Waals surface area contributed by atoms with Gasteiger partial charge in [-0.05, 0) is 36.6 Å². The van der Waals surface area contributed by atoms with Crippen molar-refractivity contribution in [2.75, 3.05) is 11.9 Å². The molecule has 0 heterocycles. The number of aryl methyl sites for hydroxylation is 2. The Balaban J connectivity index is 1.76. The fourth-order valence-electron chi connectivity index (χ4n) is 2.42. The zero-order valence-electron chi connectivity index (χ0n) is 14.9. The summed E-state index contributed by atoms with van der Waals surface area (Å²) in [5.41, 5.74) is 2.41. The predicted octanol–water partition coefficient (Wildman–Crippen LogP) is 2.45. The Kier molecular flexibility index (Phi) is 7.05. The quantitative estimate of drug-likeness (QED) is 0.663. The molecule has 0 aliphatic carbocycles. The molecule has 0 aliphatic rings. The van der Waals surface area contributed by atoms with Gasteiger partial charge >= 0.3 is 5.97 Å². The van der Waals surface area contributed by atoms with Crippen molar-refractivity contribution in [2.45, 2.75) is 26.2 Å². The number of benzene rings is 2. The summed E-state index contributed by atoms with van der Waals surface area (Å²) in [5, 5.41) is 13.7. The molecule has 2 rings (SSSR count). The highest BCUT2D eigenvalue weighted by molar-refractivity contribution is 5.94. The molecule has 0 bridgehead atoms. The van der Waals surface area contributed by atoms with Gasteiger partial charge in [0.15, 0.2) is 0 Å². The van der Waals surface area contributed by atoms with E-state index < -0.39 is 24.1 Å². The predicted molar refractivity (Wildman–Crippen MR) is 98.9 cm³/mol. The first-order valence-corrected chi connectivity index (χ1v) is 8.46. The molecule has 0 radical (unpaired) electrons. The van der Waals surface area contributed by atoms with Gasteiger partial charge in [0, 0.05) is 12.1 Å². The van der Waals surface area contributed by atoms with Crippen molar-refractivity contribution in [1.29, 1.82) is 0 Å². The molecule has 27 heavy (non-hydrogen) atoms. The van der Waals surface area contributed by atoms with E-state index in [1.165, 1.54) is 12.1 Å². The van der Waals surface area contributed by atoms with Crippen LogP contribution < -0.4 is 10.6 Å². The molecule has 2 aromatic carbocycles. The van der Waals surface area contributed by atoms with Crippen LogP contribution in [0.5, 0.6) is 0 Å². The number of hydrogen-bond acceptors (Lipinski definition) is 3. The van der Waals surface area contributed by atoms with Crippen molar-refractivity contribution in [3.8, 4) is 0 Å². The molecule has 142 valence electrons. The van der Waals surface area contributed by atoms with Gasteiger partial charge in [0.1, 0.15) is 5.82 Å². The molecule has 0 aliphatic heterocycles. The Hall–Kier alpha value is -3.22. The normalized spacial score (nSPS) is 10.3. The second-order valence-corrected chi connectivity index (χ2v) is 6.19. The summed E-state index contributed by atoms with van der Waals surface area (Å²) in [6.45, 7) is 1.76. The number of halogens is 1. The largest absolute Gasteiger partial charge is 0.481 e. The third-order valence-corrected chi connectivity index (χ3v) is 3.89. The van der Waals surface area contributed by atoms with E-state index in [2.05, 4.69) is 10.6 Å². The summed E-state index contributed by atoms with van der Waals surface area (Å²) in [4.78, 5) is 34.3. The van der Waals surface area contributed by atoms with Crippen LogP contribution >= 0.6 is 0 Å². The molecule has 2 amide bonds. The minimum atomic E-state index is -1.14. The number of aliphatic carboxylic acids is 1. The van der Waals surface area contributed by atoms with Crippen molar-refractivity contribution in [1.82, 2.24) is 5.32 Å². The molecule has 7 heteroatoms. The lowest BCUT2D eigenvalue weighted by Gasteiger charge is -2.08. The van der Waals surface area contributed by atoms with Crippen LogP contribution in [-0.4, -0.2) is 29.4 Å². The highest BCUT2D eigenvalue weighted by Gasteiger charge is 2.10. The van der Waals surface area contributed by atoms with Gasteiger partial charge in [-0.1, -0.05) is 35.9 Å². The molecule has 0 saturated carbocycles.